The Bertz CT molecular complexity index is 771. The van der Waals surface area contributed by atoms with Crippen molar-refractivity contribution in [1.29, 1.82) is 0 Å². The highest BCUT2D eigenvalue weighted by Crippen LogP contribution is 2.22. The number of pyridine rings is 1. The molecule has 0 atom stereocenters. The molecule has 116 valence electrons. The van der Waals surface area contributed by atoms with E-state index in [-0.39, 0.29) is 5.88 Å². The Morgan fingerprint density at radius 2 is 1.83 bits per heavy atom. The Morgan fingerprint density at radius 3 is 2.52 bits per heavy atom. The van der Waals surface area contributed by atoms with E-state index in [9.17, 15) is 5.11 Å². The molecule has 6 nitrogen and oxygen atoms in total. The molecule has 0 saturated heterocycles. The smallest absolute Gasteiger partial charge is 0.250 e. The second-order valence-electron chi connectivity index (χ2n) is 4.79. The molecule has 0 spiro atoms. The first-order valence-electron chi connectivity index (χ1n) is 6.88. The van der Waals surface area contributed by atoms with Gasteiger partial charge in [-0.2, -0.15) is 5.10 Å². The number of hydrazone groups is 1. The van der Waals surface area contributed by atoms with Gasteiger partial charge in [0.25, 0.3) is 5.88 Å². The van der Waals surface area contributed by atoms with E-state index in [1.54, 1.807) is 61.1 Å². The van der Waals surface area contributed by atoms with Crippen LogP contribution in [0.2, 0.25) is 5.02 Å². The third-order valence-corrected chi connectivity index (χ3v) is 3.44. The summed E-state index contributed by atoms with van der Waals surface area (Å²) in [5, 5.41) is 18.3. The molecule has 0 radical (unpaired) electrons. The molecule has 1 N–H and O–H groups in total. The van der Waals surface area contributed by atoms with Crippen molar-refractivity contribution in [3.63, 3.8) is 0 Å². The van der Waals surface area contributed by atoms with Crippen molar-refractivity contribution in [2.45, 2.75) is 6.92 Å². The first kappa shape index (κ1) is 15.1. The topological polar surface area (TPSA) is 64.3 Å². The number of hydrazine groups is 1. The summed E-state index contributed by atoms with van der Waals surface area (Å²) >= 11 is 5.87. The van der Waals surface area contributed by atoms with Crippen LogP contribution in [0.3, 0.4) is 0 Å². The molecule has 0 aliphatic carbocycles. The van der Waals surface area contributed by atoms with E-state index in [1.165, 1.54) is 5.12 Å². The summed E-state index contributed by atoms with van der Waals surface area (Å²) in [5.41, 5.74) is 2.11. The lowest BCUT2D eigenvalue weighted by Crippen LogP contribution is -2.40. The van der Waals surface area contributed by atoms with Crippen LogP contribution in [0.5, 0.6) is 0 Å². The number of rotatable bonds is 3. The predicted octanol–water partition coefficient (Wildman–Crippen LogP) is 3.58. The summed E-state index contributed by atoms with van der Waals surface area (Å²) < 4.78 is 0. The van der Waals surface area contributed by atoms with Gasteiger partial charge < -0.3 is 5.11 Å². The molecule has 0 fully saturated rings. The Morgan fingerprint density at radius 1 is 1.13 bits per heavy atom. The summed E-state index contributed by atoms with van der Waals surface area (Å²) in [6, 6.07) is 10.8. The van der Waals surface area contributed by atoms with Crippen LogP contribution in [0, 0.1) is 0 Å². The molecule has 2 heterocycles. The molecule has 0 saturated carbocycles. The highest BCUT2D eigenvalue weighted by Gasteiger charge is 2.22. The van der Waals surface area contributed by atoms with Crippen molar-refractivity contribution in [3.05, 3.63) is 71.0 Å². The van der Waals surface area contributed by atoms with Gasteiger partial charge in [0.1, 0.15) is 12.0 Å². The summed E-state index contributed by atoms with van der Waals surface area (Å²) in [6.07, 6.45) is 6.54. The van der Waals surface area contributed by atoms with E-state index in [0.29, 0.717) is 10.7 Å². The number of aliphatic hydroxyl groups excluding tert-OH is 1. The largest absolute Gasteiger partial charge is 0.491 e. The van der Waals surface area contributed by atoms with Crippen molar-refractivity contribution >= 4 is 29.8 Å². The summed E-state index contributed by atoms with van der Waals surface area (Å²) in [4.78, 5) is 8.15. The van der Waals surface area contributed by atoms with Gasteiger partial charge in [0, 0.05) is 17.4 Å². The maximum absolute atomic E-state index is 10.3. The quantitative estimate of drug-likeness (QED) is 0.875. The fourth-order valence-electron chi connectivity index (χ4n) is 1.95. The average molecular weight is 328 g/mol. The van der Waals surface area contributed by atoms with Gasteiger partial charge in [0.05, 0.1) is 11.9 Å². The summed E-state index contributed by atoms with van der Waals surface area (Å²) in [5.74, 6) is -0.0467. The maximum Gasteiger partial charge on any atom is 0.250 e. The fraction of sp³-hybridized carbons (Fsp3) is 0.0625. The number of hydrogen-bond acceptors (Lipinski definition) is 6. The van der Waals surface area contributed by atoms with Gasteiger partial charge in [-0.25, -0.2) is 10.0 Å². The van der Waals surface area contributed by atoms with E-state index >= 15 is 0 Å². The molecule has 0 bridgehead atoms. The minimum Gasteiger partial charge on any atom is -0.491 e. The van der Waals surface area contributed by atoms with Crippen molar-refractivity contribution in [3.8, 4) is 0 Å². The molecular formula is C16H14ClN5O. The minimum absolute atomic E-state index is 0.0467. The number of benzene rings is 1. The highest BCUT2D eigenvalue weighted by molar-refractivity contribution is 6.30. The second-order valence-corrected chi connectivity index (χ2v) is 5.23. The number of nitrogens with zero attached hydrogens (tertiary/aromatic N) is 5. The number of hydrogen-bond donors (Lipinski definition) is 1. The van der Waals surface area contributed by atoms with Crippen LogP contribution in [0.4, 0.5) is 5.69 Å². The van der Waals surface area contributed by atoms with Crippen LogP contribution < -0.4 is 5.01 Å². The molecular weight excluding hydrogens is 314 g/mol. The average Bonchev–Trinajstić information content (AvgIpc) is 2.58. The predicted molar refractivity (Wildman–Crippen MR) is 91.4 cm³/mol. The fourth-order valence-corrected chi connectivity index (χ4v) is 2.07. The zero-order valence-corrected chi connectivity index (χ0v) is 13.1. The molecule has 1 aromatic heterocycles. The Hall–Kier alpha value is -2.86. The Labute approximate surface area is 138 Å². The standard InChI is InChI=1S/C16H14ClN5O/c1-12-16(23)22(20-10-13-2-4-14(17)5-3-13)21(11-19-12)15-6-8-18-9-7-15/h2-11,23H,1H3/b20-10-. The van der Waals surface area contributed by atoms with Crippen molar-refractivity contribution in [2.75, 3.05) is 5.01 Å². The zero-order chi connectivity index (χ0) is 16.2. The van der Waals surface area contributed by atoms with Crippen LogP contribution >= 0.6 is 11.6 Å². The van der Waals surface area contributed by atoms with Gasteiger partial charge >= 0.3 is 0 Å². The molecule has 1 aliphatic rings. The molecule has 0 amide bonds. The first-order chi connectivity index (χ1) is 11.1. The second kappa shape index (κ2) is 6.50. The van der Waals surface area contributed by atoms with Gasteiger partial charge in [0.2, 0.25) is 0 Å². The summed E-state index contributed by atoms with van der Waals surface area (Å²) in [6.45, 7) is 1.71. The number of aliphatic imine (C=N–C) groups is 1. The van der Waals surface area contributed by atoms with Gasteiger partial charge in [-0.3, -0.25) is 4.98 Å². The Balaban J connectivity index is 1.92. The van der Waals surface area contributed by atoms with E-state index in [4.69, 9.17) is 11.6 Å². The zero-order valence-electron chi connectivity index (χ0n) is 12.3. The van der Waals surface area contributed by atoms with Crippen molar-refractivity contribution in [2.24, 2.45) is 10.1 Å². The lowest BCUT2D eigenvalue weighted by Gasteiger charge is -2.32. The van der Waals surface area contributed by atoms with Gasteiger partial charge in [-0.15, -0.1) is 5.12 Å². The van der Waals surface area contributed by atoms with Crippen LogP contribution in [0.25, 0.3) is 0 Å². The molecule has 3 rings (SSSR count). The minimum atomic E-state index is -0.0467. The normalized spacial score (nSPS) is 14.9. The molecule has 0 unspecified atom stereocenters. The number of aliphatic hydroxyl groups is 1. The van der Waals surface area contributed by atoms with Crippen molar-refractivity contribution < 1.29 is 5.11 Å². The van der Waals surface area contributed by atoms with E-state index in [0.717, 1.165) is 11.3 Å². The Kier molecular flexibility index (Phi) is 4.25. The van der Waals surface area contributed by atoms with Crippen LogP contribution in [-0.4, -0.2) is 27.8 Å². The molecule has 2 aromatic rings. The van der Waals surface area contributed by atoms with Crippen LogP contribution in [0.1, 0.15) is 12.5 Å². The van der Waals surface area contributed by atoms with Gasteiger partial charge in [-0.05, 0) is 36.8 Å². The van der Waals surface area contributed by atoms with Crippen LogP contribution in [-0.2, 0) is 0 Å². The van der Waals surface area contributed by atoms with Gasteiger partial charge in [-0.1, -0.05) is 23.7 Å². The maximum atomic E-state index is 10.3. The van der Waals surface area contributed by atoms with E-state index in [2.05, 4.69) is 15.1 Å². The number of allylic oxidation sites excluding steroid dienone is 1. The van der Waals surface area contributed by atoms with E-state index < -0.39 is 0 Å². The lowest BCUT2D eigenvalue weighted by atomic mass is 10.2. The van der Waals surface area contributed by atoms with Crippen LogP contribution in [0.15, 0.2) is 70.5 Å². The van der Waals surface area contributed by atoms with Crippen molar-refractivity contribution in [1.82, 2.24) is 10.1 Å². The molecule has 7 heteroatoms. The third-order valence-electron chi connectivity index (χ3n) is 3.19. The SMILES string of the molecule is CC1=C(O)N(/N=C\c2ccc(Cl)cc2)N(c2ccncc2)C=N1. The first-order valence-corrected chi connectivity index (χ1v) is 7.26. The lowest BCUT2D eigenvalue weighted by molar-refractivity contribution is 0.205. The molecule has 1 aliphatic heterocycles. The van der Waals surface area contributed by atoms with Gasteiger partial charge in [0.15, 0.2) is 0 Å². The number of anilines is 1. The van der Waals surface area contributed by atoms with E-state index in [1.807, 2.05) is 12.1 Å². The molecule has 1 aromatic carbocycles. The highest BCUT2D eigenvalue weighted by atomic mass is 35.5. The third kappa shape index (κ3) is 3.32. The monoisotopic (exact) mass is 327 g/mol. The number of aromatic nitrogens is 1. The molecule has 23 heavy (non-hydrogen) atoms. The summed E-state index contributed by atoms with van der Waals surface area (Å²) in [7, 11) is 0. The number of halogens is 1.